The van der Waals surface area contributed by atoms with Crippen molar-refractivity contribution in [3.05, 3.63) is 39.6 Å². The van der Waals surface area contributed by atoms with Crippen LogP contribution in [0.2, 0.25) is 0 Å². The van der Waals surface area contributed by atoms with E-state index >= 15 is 0 Å². The number of aromatic nitrogens is 2. The van der Waals surface area contributed by atoms with Crippen molar-refractivity contribution in [2.75, 3.05) is 26.2 Å². The number of nitrogens with zero attached hydrogens (tertiary/aromatic N) is 3. The third-order valence-electron chi connectivity index (χ3n) is 4.50. The van der Waals surface area contributed by atoms with E-state index in [1.54, 1.807) is 17.5 Å². The average molecular weight is 332 g/mol. The Kier molecular flexibility index (Phi) is 3.92. The quantitative estimate of drug-likeness (QED) is 0.902. The van der Waals surface area contributed by atoms with E-state index in [2.05, 4.69) is 10.3 Å². The minimum atomic E-state index is -0.0216. The Balaban J connectivity index is 1.63. The van der Waals surface area contributed by atoms with Gasteiger partial charge in [0.2, 0.25) is 0 Å². The van der Waals surface area contributed by atoms with Gasteiger partial charge in [0.05, 0.1) is 18.1 Å². The zero-order valence-electron chi connectivity index (χ0n) is 13.1. The molecule has 2 aliphatic rings. The number of fused-ring (bicyclic) bond motifs is 1. The molecule has 0 radical (unpaired) electrons. The van der Waals surface area contributed by atoms with E-state index in [1.165, 1.54) is 10.4 Å². The second kappa shape index (κ2) is 6.07. The van der Waals surface area contributed by atoms with E-state index in [9.17, 15) is 4.79 Å². The summed E-state index contributed by atoms with van der Waals surface area (Å²) in [5.41, 5.74) is 1.17. The Hall–Kier alpha value is -1.70. The molecular weight excluding hydrogens is 312 g/mol. The van der Waals surface area contributed by atoms with Crippen molar-refractivity contribution in [1.82, 2.24) is 19.8 Å². The van der Waals surface area contributed by atoms with Gasteiger partial charge in [0.15, 0.2) is 0 Å². The number of thiophene rings is 1. The molecule has 2 aromatic rings. The number of ether oxygens (including phenoxy) is 1. The first-order valence-corrected chi connectivity index (χ1v) is 8.74. The van der Waals surface area contributed by atoms with Gasteiger partial charge in [-0.25, -0.2) is 4.98 Å². The van der Waals surface area contributed by atoms with Gasteiger partial charge in [0.1, 0.15) is 11.9 Å². The van der Waals surface area contributed by atoms with Gasteiger partial charge < -0.3 is 19.5 Å². The largest absolute Gasteiger partial charge is 0.376 e. The molecule has 4 heterocycles. The molecule has 4 rings (SSSR count). The number of amides is 1. The van der Waals surface area contributed by atoms with Crippen LogP contribution in [0.15, 0.2) is 18.5 Å². The molecule has 0 bridgehead atoms. The molecule has 0 aliphatic carbocycles. The molecule has 0 spiro atoms. The number of carbonyl (C=O) groups excluding carboxylic acids is 1. The zero-order valence-corrected chi connectivity index (χ0v) is 13.9. The second-order valence-electron chi connectivity index (χ2n) is 5.98. The highest BCUT2D eigenvalue weighted by atomic mass is 32.1. The molecule has 1 atom stereocenters. The summed E-state index contributed by atoms with van der Waals surface area (Å²) in [5.74, 6) is 1.04. The van der Waals surface area contributed by atoms with Crippen LogP contribution in [0.3, 0.4) is 0 Å². The molecular formula is C16H20N4O2S. The molecule has 7 heteroatoms. The van der Waals surface area contributed by atoms with Crippen LogP contribution in [0.1, 0.15) is 32.0 Å². The number of hydrogen-bond donors (Lipinski definition) is 1. The summed E-state index contributed by atoms with van der Waals surface area (Å²) in [7, 11) is 1.97. The summed E-state index contributed by atoms with van der Waals surface area (Å²) in [5, 5.41) is 3.37. The molecule has 122 valence electrons. The van der Waals surface area contributed by atoms with E-state index < -0.39 is 0 Å². The third-order valence-corrected chi connectivity index (χ3v) is 5.72. The Labute approximate surface area is 139 Å². The van der Waals surface area contributed by atoms with Gasteiger partial charge in [0.25, 0.3) is 5.91 Å². The number of imidazole rings is 1. The maximum absolute atomic E-state index is 13.1. The van der Waals surface area contributed by atoms with Gasteiger partial charge in [-0.1, -0.05) is 0 Å². The van der Waals surface area contributed by atoms with Gasteiger partial charge in [-0.3, -0.25) is 4.79 Å². The number of carbonyl (C=O) groups is 1. The summed E-state index contributed by atoms with van der Waals surface area (Å²) in [4.78, 5) is 21.6. The Morgan fingerprint density at radius 2 is 2.43 bits per heavy atom. The first kappa shape index (κ1) is 14.9. The lowest BCUT2D eigenvalue weighted by Gasteiger charge is -2.35. The lowest BCUT2D eigenvalue weighted by Crippen LogP contribution is -2.49. The Morgan fingerprint density at radius 3 is 3.22 bits per heavy atom. The summed E-state index contributed by atoms with van der Waals surface area (Å²) in [6.07, 6.45) is 4.62. The van der Waals surface area contributed by atoms with Gasteiger partial charge in [-0.15, -0.1) is 11.3 Å². The first-order valence-electron chi connectivity index (χ1n) is 7.92. The predicted molar refractivity (Wildman–Crippen MR) is 87.5 cm³/mol. The minimum Gasteiger partial charge on any atom is -0.376 e. The van der Waals surface area contributed by atoms with E-state index in [0.29, 0.717) is 13.2 Å². The maximum atomic E-state index is 13.1. The molecule has 2 aromatic heterocycles. The Bertz CT molecular complexity index is 700. The molecule has 23 heavy (non-hydrogen) atoms. The Morgan fingerprint density at radius 1 is 1.52 bits per heavy atom. The van der Waals surface area contributed by atoms with Crippen LogP contribution >= 0.6 is 11.3 Å². The highest BCUT2D eigenvalue weighted by molar-refractivity contribution is 7.14. The van der Waals surface area contributed by atoms with Crippen LogP contribution < -0.4 is 5.32 Å². The first-order chi connectivity index (χ1) is 11.2. The highest BCUT2D eigenvalue weighted by Gasteiger charge is 2.32. The standard InChI is InChI=1S/C16H20N4O2S/c1-19-5-4-18-15(19)12-9-17-3-6-20(12)16(21)14-8-11-10-22-7-2-13(11)23-14/h4-5,8,12,17H,2-3,6-7,9-10H2,1H3. The average Bonchev–Trinajstić information content (AvgIpc) is 3.20. The van der Waals surface area contributed by atoms with Crippen molar-refractivity contribution in [1.29, 1.82) is 0 Å². The summed E-state index contributed by atoms with van der Waals surface area (Å²) in [6, 6.07) is 1.99. The van der Waals surface area contributed by atoms with Crippen LogP contribution in [-0.4, -0.2) is 46.6 Å². The fraction of sp³-hybridized carbons (Fsp3) is 0.500. The summed E-state index contributed by atoms with van der Waals surface area (Å²) < 4.78 is 7.48. The second-order valence-corrected chi connectivity index (χ2v) is 7.11. The summed E-state index contributed by atoms with van der Waals surface area (Å²) in [6.45, 7) is 3.65. The SMILES string of the molecule is Cn1ccnc1C1CNCCN1C(=O)c1cc2c(s1)CCOC2. The number of aryl methyl sites for hydroxylation is 1. The van der Waals surface area contributed by atoms with Crippen molar-refractivity contribution >= 4 is 17.2 Å². The number of piperazine rings is 1. The normalized spacial score (nSPS) is 21.3. The fourth-order valence-corrected chi connectivity index (χ4v) is 4.38. The number of nitrogens with one attached hydrogen (secondary N) is 1. The molecule has 0 aromatic carbocycles. The maximum Gasteiger partial charge on any atom is 0.264 e. The molecule has 0 saturated carbocycles. The van der Waals surface area contributed by atoms with Crippen molar-refractivity contribution in [3.63, 3.8) is 0 Å². The molecule has 2 aliphatic heterocycles. The van der Waals surface area contributed by atoms with Crippen LogP contribution in [0.5, 0.6) is 0 Å². The van der Waals surface area contributed by atoms with Crippen molar-refractivity contribution in [2.24, 2.45) is 7.05 Å². The smallest absolute Gasteiger partial charge is 0.264 e. The fourth-order valence-electron chi connectivity index (χ4n) is 3.27. The topological polar surface area (TPSA) is 59.4 Å². The van der Waals surface area contributed by atoms with E-state index in [-0.39, 0.29) is 11.9 Å². The van der Waals surface area contributed by atoms with Crippen LogP contribution in [0.4, 0.5) is 0 Å². The van der Waals surface area contributed by atoms with Crippen LogP contribution in [0, 0.1) is 0 Å². The van der Waals surface area contributed by atoms with E-state index in [4.69, 9.17) is 4.74 Å². The van der Waals surface area contributed by atoms with Crippen molar-refractivity contribution in [2.45, 2.75) is 19.1 Å². The lowest BCUT2D eigenvalue weighted by molar-refractivity contribution is 0.0625. The molecule has 1 fully saturated rings. The van der Waals surface area contributed by atoms with Gasteiger partial charge in [0, 0.05) is 50.4 Å². The summed E-state index contributed by atoms with van der Waals surface area (Å²) >= 11 is 1.62. The molecule has 6 nitrogen and oxygen atoms in total. The number of rotatable bonds is 2. The molecule has 1 saturated heterocycles. The van der Waals surface area contributed by atoms with E-state index in [0.717, 1.165) is 36.8 Å². The van der Waals surface area contributed by atoms with Gasteiger partial charge in [-0.2, -0.15) is 0 Å². The van der Waals surface area contributed by atoms with Crippen molar-refractivity contribution in [3.8, 4) is 0 Å². The van der Waals surface area contributed by atoms with E-state index in [1.807, 2.05) is 28.8 Å². The lowest BCUT2D eigenvalue weighted by atomic mass is 10.1. The third kappa shape index (κ3) is 2.69. The van der Waals surface area contributed by atoms with Crippen LogP contribution in [0.25, 0.3) is 0 Å². The number of hydrogen-bond acceptors (Lipinski definition) is 5. The minimum absolute atomic E-state index is 0.0216. The monoisotopic (exact) mass is 332 g/mol. The predicted octanol–water partition coefficient (Wildman–Crippen LogP) is 1.34. The molecule has 1 unspecified atom stereocenters. The molecule has 1 amide bonds. The molecule has 1 N–H and O–H groups in total. The highest BCUT2D eigenvalue weighted by Crippen LogP contribution is 2.30. The zero-order chi connectivity index (χ0) is 15.8. The van der Waals surface area contributed by atoms with Gasteiger partial charge >= 0.3 is 0 Å². The van der Waals surface area contributed by atoms with Crippen molar-refractivity contribution < 1.29 is 9.53 Å². The van der Waals surface area contributed by atoms with Gasteiger partial charge in [-0.05, 0) is 11.6 Å². The van der Waals surface area contributed by atoms with Crippen LogP contribution in [-0.2, 0) is 24.8 Å².